The fourth-order valence-electron chi connectivity index (χ4n) is 2.21. The summed E-state index contributed by atoms with van der Waals surface area (Å²) >= 11 is 0. The third-order valence-electron chi connectivity index (χ3n) is 3.47. The molecule has 8 heteroatoms. The van der Waals surface area contributed by atoms with Gasteiger partial charge in [-0.2, -0.15) is 0 Å². The molecule has 0 spiro atoms. The van der Waals surface area contributed by atoms with Gasteiger partial charge in [0.1, 0.15) is 24.4 Å². The van der Waals surface area contributed by atoms with Gasteiger partial charge >= 0.3 is 0 Å². The molecule has 1 saturated heterocycles. The Balaban J connectivity index is 2.26. The van der Waals surface area contributed by atoms with Crippen molar-refractivity contribution < 1.29 is 39.4 Å². The molecule has 8 nitrogen and oxygen atoms in total. The van der Waals surface area contributed by atoms with E-state index in [9.17, 15) is 15.3 Å². The van der Waals surface area contributed by atoms with Crippen LogP contribution in [0, 0.1) is 0 Å². The second-order valence-corrected chi connectivity index (χ2v) is 4.81. The van der Waals surface area contributed by atoms with Crippen molar-refractivity contribution in [3.05, 3.63) is 18.2 Å². The molecule has 1 fully saturated rings. The average molecular weight is 316 g/mol. The lowest BCUT2D eigenvalue weighted by Gasteiger charge is -2.39. The summed E-state index contributed by atoms with van der Waals surface area (Å²) in [5.74, 6) is 0.865. The molecule has 0 aromatic heterocycles. The van der Waals surface area contributed by atoms with Crippen LogP contribution in [0.2, 0.25) is 0 Å². The SMILES string of the molecule is COc1cccc(OC)c1OC1OC(CO)C(O)C(O)C1O. The number of aliphatic hydroxyl groups is 4. The molecule has 1 aliphatic rings. The summed E-state index contributed by atoms with van der Waals surface area (Å²) in [7, 11) is 2.88. The molecule has 0 aliphatic carbocycles. The summed E-state index contributed by atoms with van der Waals surface area (Å²) in [4.78, 5) is 0. The van der Waals surface area contributed by atoms with E-state index in [0.29, 0.717) is 11.5 Å². The first-order valence-electron chi connectivity index (χ1n) is 6.71. The zero-order valence-electron chi connectivity index (χ0n) is 12.2. The normalized spacial score (nSPS) is 31.6. The fraction of sp³-hybridized carbons (Fsp3) is 0.571. The maximum atomic E-state index is 9.99. The van der Waals surface area contributed by atoms with Crippen LogP contribution in [0.15, 0.2) is 18.2 Å². The molecule has 0 amide bonds. The van der Waals surface area contributed by atoms with E-state index >= 15 is 0 Å². The van der Waals surface area contributed by atoms with Crippen molar-refractivity contribution in [2.75, 3.05) is 20.8 Å². The van der Waals surface area contributed by atoms with E-state index in [1.54, 1.807) is 18.2 Å². The molecule has 0 saturated carbocycles. The first-order chi connectivity index (χ1) is 10.5. The first kappa shape index (κ1) is 16.8. The minimum absolute atomic E-state index is 0.178. The Morgan fingerprint density at radius 3 is 2.09 bits per heavy atom. The number of para-hydroxylation sites is 1. The quantitative estimate of drug-likeness (QED) is 0.540. The molecule has 124 valence electrons. The highest BCUT2D eigenvalue weighted by Gasteiger charge is 2.45. The van der Waals surface area contributed by atoms with Crippen molar-refractivity contribution in [1.29, 1.82) is 0 Å². The van der Waals surface area contributed by atoms with Gasteiger partial charge in [0.25, 0.3) is 0 Å². The van der Waals surface area contributed by atoms with Gasteiger partial charge in [-0.3, -0.25) is 0 Å². The van der Waals surface area contributed by atoms with Crippen LogP contribution in [0.3, 0.4) is 0 Å². The first-order valence-corrected chi connectivity index (χ1v) is 6.71. The number of methoxy groups -OCH3 is 2. The molecule has 1 aromatic rings. The van der Waals surface area contributed by atoms with Gasteiger partial charge in [0.15, 0.2) is 11.5 Å². The van der Waals surface area contributed by atoms with Crippen LogP contribution in [-0.2, 0) is 4.74 Å². The summed E-state index contributed by atoms with van der Waals surface area (Å²) in [5.41, 5.74) is 0. The molecule has 5 atom stereocenters. The summed E-state index contributed by atoms with van der Waals surface area (Å²) in [6.45, 7) is -0.534. The number of aliphatic hydroxyl groups excluding tert-OH is 4. The average Bonchev–Trinajstić information content (AvgIpc) is 2.55. The van der Waals surface area contributed by atoms with Gasteiger partial charge in [0, 0.05) is 0 Å². The topological polar surface area (TPSA) is 118 Å². The molecule has 1 aliphatic heterocycles. The van der Waals surface area contributed by atoms with Gasteiger partial charge in [0.05, 0.1) is 20.8 Å². The molecule has 0 bridgehead atoms. The van der Waals surface area contributed by atoms with E-state index in [4.69, 9.17) is 24.1 Å². The van der Waals surface area contributed by atoms with E-state index in [-0.39, 0.29) is 5.75 Å². The van der Waals surface area contributed by atoms with E-state index < -0.39 is 37.3 Å². The number of hydrogen-bond acceptors (Lipinski definition) is 8. The number of ether oxygens (including phenoxy) is 4. The molecule has 22 heavy (non-hydrogen) atoms. The minimum atomic E-state index is -1.52. The highest BCUT2D eigenvalue weighted by molar-refractivity contribution is 5.51. The van der Waals surface area contributed by atoms with Crippen LogP contribution in [0.5, 0.6) is 17.2 Å². The predicted octanol–water partition coefficient (Wildman–Crippen LogP) is -1.12. The Hall–Kier alpha value is -1.58. The van der Waals surface area contributed by atoms with E-state index in [1.165, 1.54) is 14.2 Å². The van der Waals surface area contributed by atoms with E-state index in [0.717, 1.165) is 0 Å². The van der Waals surface area contributed by atoms with Gasteiger partial charge in [-0.25, -0.2) is 0 Å². The van der Waals surface area contributed by atoms with Gasteiger partial charge in [-0.1, -0.05) is 6.07 Å². The van der Waals surface area contributed by atoms with Gasteiger partial charge in [-0.05, 0) is 12.1 Å². The summed E-state index contributed by atoms with van der Waals surface area (Å²) < 4.78 is 21.2. The predicted molar refractivity (Wildman–Crippen MR) is 73.9 cm³/mol. The van der Waals surface area contributed by atoms with Crippen molar-refractivity contribution in [2.45, 2.75) is 30.7 Å². The molecule has 2 rings (SSSR count). The molecule has 4 N–H and O–H groups in total. The van der Waals surface area contributed by atoms with Crippen molar-refractivity contribution >= 4 is 0 Å². The largest absolute Gasteiger partial charge is 0.493 e. The van der Waals surface area contributed by atoms with Crippen LogP contribution < -0.4 is 14.2 Å². The molecule has 0 radical (unpaired) electrons. The standard InChI is InChI=1S/C14H20O8/c1-19-7-4-3-5-8(20-2)13(7)22-14-12(18)11(17)10(16)9(6-15)21-14/h3-5,9-12,14-18H,6H2,1-2H3. The maximum Gasteiger partial charge on any atom is 0.229 e. The Morgan fingerprint density at radius 1 is 1.00 bits per heavy atom. The van der Waals surface area contributed by atoms with Gasteiger partial charge in [-0.15, -0.1) is 0 Å². The number of hydrogen-bond donors (Lipinski definition) is 4. The minimum Gasteiger partial charge on any atom is -0.493 e. The molecule has 5 unspecified atom stereocenters. The number of benzene rings is 1. The second-order valence-electron chi connectivity index (χ2n) is 4.81. The Kier molecular flexibility index (Phi) is 5.43. The third kappa shape index (κ3) is 3.11. The zero-order chi connectivity index (χ0) is 16.3. The molecular weight excluding hydrogens is 296 g/mol. The van der Waals surface area contributed by atoms with Crippen LogP contribution in [0.1, 0.15) is 0 Å². The van der Waals surface area contributed by atoms with E-state index in [2.05, 4.69) is 0 Å². The van der Waals surface area contributed by atoms with Crippen molar-refractivity contribution in [1.82, 2.24) is 0 Å². The van der Waals surface area contributed by atoms with Crippen molar-refractivity contribution in [3.8, 4) is 17.2 Å². The van der Waals surface area contributed by atoms with Crippen LogP contribution in [-0.4, -0.2) is 72.0 Å². The maximum absolute atomic E-state index is 9.99. The summed E-state index contributed by atoms with van der Waals surface area (Å²) in [6.07, 6.45) is -6.83. The fourth-order valence-corrected chi connectivity index (χ4v) is 2.21. The smallest absolute Gasteiger partial charge is 0.229 e. The lowest BCUT2D eigenvalue weighted by molar-refractivity contribution is -0.277. The van der Waals surface area contributed by atoms with Crippen molar-refractivity contribution in [3.63, 3.8) is 0 Å². The Labute approximate surface area is 127 Å². The van der Waals surface area contributed by atoms with Gasteiger partial charge < -0.3 is 39.4 Å². The molecule has 1 aromatic carbocycles. The van der Waals surface area contributed by atoms with Crippen LogP contribution in [0.4, 0.5) is 0 Å². The van der Waals surface area contributed by atoms with E-state index in [1.807, 2.05) is 0 Å². The van der Waals surface area contributed by atoms with Crippen LogP contribution in [0.25, 0.3) is 0 Å². The Morgan fingerprint density at radius 2 is 1.59 bits per heavy atom. The van der Waals surface area contributed by atoms with Crippen LogP contribution >= 0.6 is 0 Å². The second kappa shape index (κ2) is 7.12. The summed E-state index contributed by atoms with van der Waals surface area (Å²) in [6, 6.07) is 4.95. The summed E-state index contributed by atoms with van der Waals surface area (Å²) in [5, 5.41) is 38.7. The number of rotatable bonds is 5. The Bertz CT molecular complexity index is 469. The highest BCUT2D eigenvalue weighted by Crippen LogP contribution is 2.38. The molecular formula is C14H20O8. The third-order valence-corrected chi connectivity index (χ3v) is 3.47. The lowest BCUT2D eigenvalue weighted by atomic mass is 9.99. The molecule has 1 heterocycles. The monoisotopic (exact) mass is 316 g/mol. The van der Waals surface area contributed by atoms with Crippen molar-refractivity contribution in [2.24, 2.45) is 0 Å². The lowest BCUT2D eigenvalue weighted by Crippen LogP contribution is -2.60. The highest BCUT2D eigenvalue weighted by atomic mass is 16.7. The van der Waals surface area contributed by atoms with Gasteiger partial charge in [0.2, 0.25) is 12.0 Å². The zero-order valence-corrected chi connectivity index (χ0v) is 12.2.